The van der Waals surface area contributed by atoms with E-state index in [9.17, 15) is 13.2 Å². The van der Waals surface area contributed by atoms with Crippen LogP contribution < -0.4 is 0 Å². The molecule has 2 rings (SSSR count). The van der Waals surface area contributed by atoms with Crippen LogP contribution in [0.4, 0.5) is 13.2 Å². The smallest absolute Gasteiger partial charge is 0.328 e. The van der Waals surface area contributed by atoms with Crippen LogP contribution in [-0.2, 0) is 13.0 Å². The molecule has 1 aromatic heterocycles. The molecule has 1 aromatic carbocycles. The summed E-state index contributed by atoms with van der Waals surface area (Å²) in [5, 5.41) is 8.81. The Bertz CT molecular complexity index is 635. The third-order valence-corrected chi connectivity index (χ3v) is 2.90. The van der Waals surface area contributed by atoms with E-state index in [1.807, 2.05) is 13.0 Å². The van der Waals surface area contributed by atoms with Crippen LogP contribution in [0.1, 0.15) is 24.7 Å². The number of rotatable bonds is 3. The van der Waals surface area contributed by atoms with E-state index in [-0.39, 0.29) is 6.42 Å². The Morgan fingerprint density at radius 1 is 1.37 bits per heavy atom. The molecule has 0 saturated carbocycles. The van der Waals surface area contributed by atoms with Crippen LogP contribution in [0.25, 0.3) is 11.0 Å². The highest BCUT2D eigenvalue weighted by atomic mass is 19.4. The van der Waals surface area contributed by atoms with Crippen molar-refractivity contribution in [3.63, 3.8) is 0 Å². The second-order valence-corrected chi connectivity index (χ2v) is 4.20. The summed E-state index contributed by atoms with van der Waals surface area (Å²) in [5.74, 6) is 0.407. The highest BCUT2D eigenvalue weighted by molar-refractivity contribution is 5.77. The maximum Gasteiger partial charge on any atom is 0.389 e. The minimum atomic E-state index is -4.19. The Kier molecular flexibility index (Phi) is 3.47. The molecule has 1 heterocycles. The van der Waals surface area contributed by atoms with E-state index < -0.39 is 12.6 Å². The van der Waals surface area contributed by atoms with Crippen molar-refractivity contribution < 1.29 is 13.2 Å². The largest absolute Gasteiger partial charge is 0.389 e. The molecule has 0 aliphatic carbocycles. The third kappa shape index (κ3) is 2.87. The quantitative estimate of drug-likeness (QED) is 0.855. The average Bonchev–Trinajstić information content (AvgIpc) is 2.71. The fraction of sp³-hybridized carbons (Fsp3) is 0.385. The molecule has 19 heavy (non-hydrogen) atoms. The van der Waals surface area contributed by atoms with Crippen molar-refractivity contribution in [2.45, 2.75) is 32.5 Å². The maximum atomic E-state index is 12.3. The van der Waals surface area contributed by atoms with Gasteiger partial charge < -0.3 is 4.57 Å². The number of fused-ring (bicyclic) bond motifs is 1. The van der Waals surface area contributed by atoms with Gasteiger partial charge in [-0.1, -0.05) is 0 Å². The fourth-order valence-electron chi connectivity index (χ4n) is 2.05. The summed E-state index contributed by atoms with van der Waals surface area (Å²) in [6.45, 7) is 2.41. The molecule has 0 aliphatic rings. The lowest BCUT2D eigenvalue weighted by Crippen LogP contribution is -2.11. The summed E-state index contributed by atoms with van der Waals surface area (Å²) in [7, 11) is 0. The summed E-state index contributed by atoms with van der Waals surface area (Å²) < 4.78 is 38.6. The molecule has 0 radical (unpaired) electrons. The monoisotopic (exact) mass is 267 g/mol. The van der Waals surface area contributed by atoms with E-state index in [0.717, 1.165) is 5.52 Å². The Morgan fingerprint density at radius 3 is 2.68 bits per heavy atom. The molecular weight excluding hydrogens is 255 g/mol. The van der Waals surface area contributed by atoms with Gasteiger partial charge in [0, 0.05) is 13.0 Å². The number of nitrogens with zero attached hydrogens (tertiary/aromatic N) is 3. The molecule has 0 atom stereocenters. The number of benzene rings is 1. The lowest BCUT2D eigenvalue weighted by Gasteiger charge is -2.08. The van der Waals surface area contributed by atoms with Crippen molar-refractivity contribution in [2.75, 3.05) is 0 Å². The first-order chi connectivity index (χ1) is 8.94. The average molecular weight is 267 g/mol. The first-order valence-corrected chi connectivity index (χ1v) is 5.90. The van der Waals surface area contributed by atoms with E-state index in [1.54, 1.807) is 22.8 Å². The highest BCUT2D eigenvalue weighted by Crippen LogP contribution is 2.24. The molecule has 0 amide bonds. The Hall–Kier alpha value is -2.03. The predicted molar refractivity (Wildman–Crippen MR) is 64.5 cm³/mol. The van der Waals surface area contributed by atoms with E-state index in [0.29, 0.717) is 23.4 Å². The molecule has 0 spiro atoms. The number of imidazole rings is 1. The molecule has 0 unspecified atom stereocenters. The molecular formula is C13H12F3N3. The number of aryl methyl sites for hydroxylation is 2. The Morgan fingerprint density at radius 2 is 2.11 bits per heavy atom. The lowest BCUT2D eigenvalue weighted by molar-refractivity contribution is -0.134. The number of nitriles is 1. The molecule has 3 nitrogen and oxygen atoms in total. The zero-order chi connectivity index (χ0) is 14.0. The van der Waals surface area contributed by atoms with E-state index in [1.165, 1.54) is 0 Å². The number of aromatic nitrogens is 2. The Labute approximate surface area is 108 Å². The number of hydrogen-bond acceptors (Lipinski definition) is 2. The first kappa shape index (κ1) is 13.4. The zero-order valence-electron chi connectivity index (χ0n) is 10.3. The van der Waals surface area contributed by atoms with Crippen molar-refractivity contribution in [3.8, 4) is 6.07 Å². The van der Waals surface area contributed by atoms with Gasteiger partial charge in [-0.05, 0) is 25.1 Å². The second-order valence-electron chi connectivity index (χ2n) is 4.20. The van der Waals surface area contributed by atoms with Gasteiger partial charge in [0.1, 0.15) is 5.82 Å². The van der Waals surface area contributed by atoms with Crippen LogP contribution in [0.5, 0.6) is 0 Å². The van der Waals surface area contributed by atoms with Crippen molar-refractivity contribution in [1.82, 2.24) is 9.55 Å². The molecule has 0 N–H and O–H groups in total. The van der Waals surface area contributed by atoms with Gasteiger partial charge in [-0.3, -0.25) is 0 Å². The summed E-state index contributed by atoms with van der Waals surface area (Å²) in [4.78, 5) is 4.21. The van der Waals surface area contributed by atoms with Crippen LogP contribution in [0.3, 0.4) is 0 Å². The van der Waals surface area contributed by atoms with Gasteiger partial charge >= 0.3 is 6.18 Å². The van der Waals surface area contributed by atoms with Gasteiger partial charge in [0.05, 0.1) is 29.1 Å². The van der Waals surface area contributed by atoms with Gasteiger partial charge in [-0.15, -0.1) is 0 Å². The Balaban J connectivity index is 2.41. The summed E-state index contributed by atoms with van der Waals surface area (Å²) >= 11 is 0. The summed E-state index contributed by atoms with van der Waals surface area (Å²) in [6, 6.07) is 6.95. The normalized spacial score (nSPS) is 11.7. The van der Waals surface area contributed by atoms with Gasteiger partial charge in [0.2, 0.25) is 0 Å². The summed E-state index contributed by atoms with van der Waals surface area (Å²) in [6.07, 6.45) is -5.22. The SMILES string of the molecule is CCn1c(CCC(F)(F)F)nc2cc(C#N)ccc21. The molecule has 2 aromatic rings. The van der Waals surface area contributed by atoms with Gasteiger partial charge in [-0.25, -0.2) is 4.98 Å². The minimum Gasteiger partial charge on any atom is -0.328 e. The van der Waals surface area contributed by atoms with Crippen LogP contribution in [0.2, 0.25) is 0 Å². The molecule has 0 saturated heterocycles. The summed E-state index contributed by atoms with van der Waals surface area (Å²) in [5.41, 5.74) is 1.78. The molecule has 0 fully saturated rings. The van der Waals surface area contributed by atoms with E-state index >= 15 is 0 Å². The van der Waals surface area contributed by atoms with Gasteiger partial charge in [0.25, 0.3) is 0 Å². The van der Waals surface area contributed by atoms with Crippen LogP contribution in [-0.4, -0.2) is 15.7 Å². The predicted octanol–water partition coefficient (Wildman–Crippen LogP) is 3.42. The lowest BCUT2D eigenvalue weighted by atomic mass is 10.2. The van der Waals surface area contributed by atoms with E-state index in [4.69, 9.17) is 5.26 Å². The number of alkyl halides is 3. The highest BCUT2D eigenvalue weighted by Gasteiger charge is 2.27. The van der Waals surface area contributed by atoms with E-state index in [2.05, 4.69) is 4.98 Å². The van der Waals surface area contributed by atoms with Gasteiger partial charge in [-0.2, -0.15) is 18.4 Å². The standard InChI is InChI=1S/C13H12F3N3/c1-2-19-11-4-3-9(8-17)7-10(11)18-12(19)5-6-13(14,15)16/h3-4,7H,2,5-6H2,1H3. The van der Waals surface area contributed by atoms with Crippen molar-refractivity contribution in [2.24, 2.45) is 0 Å². The molecule has 0 bridgehead atoms. The third-order valence-electron chi connectivity index (χ3n) is 2.90. The van der Waals surface area contributed by atoms with Crippen molar-refractivity contribution >= 4 is 11.0 Å². The van der Waals surface area contributed by atoms with Crippen LogP contribution in [0.15, 0.2) is 18.2 Å². The zero-order valence-corrected chi connectivity index (χ0v) is 10.3. The van der Waals surface area contributed by atoms with Crippen molar-refractivity contribution in [1.29, 1.82) is 5.26 Å². The fourth-order valence-corrected chi connectivity index (χ4v) is 2.05. The number of halogens is 3. The van der Waals surface area contributed by atoms with Gasteiger partial charge in [0.15, 0.2) is 0 Å². The molecule has 100 valence electrons. The minimum absolute atomic E-state index is 0.145. The van der Waals surface area contributed by atoms with Crippen LogP contribution in [0, 0.1) is 11.3 Å². The first-order valence-electron chi connectivity index (χ1n) is 5.90. The molecule has 0 aliphatic heterocycles. The molecule has 6 heteroatoms. The topological polar surface area (TPSA) is 41.6 Å². The second kappa shape index (κ2) is 4.92. The maximum absolute atomic E-state index is 12.3. The van der Waals surface area contributed by atoms with Crippen LogP contribution >= 0.6 is 0 Å². The number of hydrogen-bond donors (Lipinski definition) is 0. The van der Waals surface area contributed by atoms with Crippen molar-refractivity contribution in [3.05, 3.63) is 29.6 Å².